The molecule has 2 aromatic carbocycles. The third kappa shape index (κ3) is 4.22. The van der Waals surface area contributed by atoms with E-state index < -0.39 is 5.25 Å². The first kappa shape index (κ1) is 19.7. The normalized spacial score (nSPS) is 20.4. The number of carbonyl (C=O) groups is 2. The van der Waals surface area contributed by atoms with Gasteiger partial charge in [0.1, 0.15) is 5.25 Å². The molecule has 0 unspecified atom stereocenters. The van der Waals surface area contributed by atoms with Gasteiger partial charge in [-0.2, -0.15) is 0 Å². The van der Waals surface area contributed by atoms with Crippen molar-refractivity contribution in [2.24, 2.45) is 4.99 Å². The molecule has 0 spiro atoms. The van der Waals surface area contributed by atoms with Crippen LogP contribution in [-0.2, 0) is 9.59 Å². The van der Waals surface area contributed by atoms with Crippen LogP contribution in [0, 0.1) is 20.8 Å². The molecular weight excluding hydrogens is 382 g/mol. The molecule has 6 heteroatoms. The molecule has 29 heavy (non-hydrogen) atoms. The molecule has 0 bridgehead atoms. The fraction of sp³-hybridized carbons (Fsp3) is 0.348. The van der Waals surface area contributed by atoms with E-state index in [-0.39, 0.29) is 24.3 Å². The molecule has 0 radical (unpaired) electrons. The number of rotatable bonds is 5. The molecule has 1 saturated carbocycles. The van der Waals surface area contributed by atoms with Crippen LogP contribution in [0.1, 0.15) is 36.0 Å². The number of amides is 2. The number of carbonyl (C=O) groups excluding carboxylic acids is 2. The number of anilines is 1. The predicted molar refractivity (Wildman–Crippen MR) is 119 cm³/mol. The van der Waals surface area contributed by atoms with E-state index in [9.17, 15) is 9.59 Å². The molecule has 1 N–H and O–H groups in total. The number of para-hydroxylation sites is 2. The van der Waals surface area contributed by atoms with Gasteiger partial charge in [-0.15, -0.1) is 0 Å². The zero-order valence-electron chi connectivity index (χ0n) is 16.9. The lowest BCUT2D eigenvalue weighted by Gasteiger charge is -2.16. The van der Waals surface area contributed by atoms with E-state index in [0.717, 1.165) is 46.1 Å². The molecule has 1 atom stereocenters. The predicted octanol–water partition coefficient (Wildman–Crippen LogP) is 4.73. The molecular formula is C23H25N3O2S. The lowest BCUT2D eigenvalue weighted by molar-refractivity contribution is -0.128. The molecule has 5 nitrogen and oxygen atoms in total. The highest BCUT2D eigenvalue weighted by molar-refractivity contribution is 8.15. The van der Waals surface area contributed by atoms with Crippen LogP contribution in [0.25, 0.3) is 0 Å². The summed E-state index contributed by atoms with van der Waals surface area (Å²) in [4.78, 5) is 32.3. The highest BCUT2D eigenvalue weighted by Crippen LogP contribution is 2.40. The highest BCUT2D eigenvalue weighted by atomic mass is 32.2. The Balaban J connectivity index is 1.54. The molecule has 2 aromatic rings. The lowest BCUT2D eigenvalue weighted by Crippen LogP contribution is -2.35. The monoisotopic (exact) mass is 407 g/mol. The van der Waals surface area contributed by atoms with Gasteiger partial charge in [-0.05, 0) is 56.4 Å². The summed E-state index contributed by atoms with van der Waals surface area (Å²) in [6.07, 6.45) is 2.15. The zero-order chi connectivity index (χ0) is 20.5. The van der Waals surface area contributed by atoms with E-state index in [1.54, 1.807) is 0 Å². The van der Waals surface area contributed by atoms with Gasteiger partial charge in [-0.1, -0.05) is 48.2 Å². The number of hydrogen-bond acceptors (Lipinski definition) is 4. The maximum Gasteiger partial charge on any atom is 0.242 e. The van der Waals surface area contributed by atoms with E-state index in [1.165, 1.54) is 11.8 Å². The van der Waals surface area contributed by atoms with Crippen molar-refractivity contribution in [3.8, 4) is 0 Å². The van der Waals surface area contributed by atoms with Gasteiger partial charge in [0.05, 0.1) is 5.69 Å². The number of hydrogen-bond donors (Lipinski definition) is 1. The first-order valence-electron chi connectivity index (χ1n) is 9.94. The number of nitrogens with one attached hydrogen (secondary N) is 1. The Morgan fingerprint density at radius 2 is 1.72 bits per heavy atom. The Bertz CT molecular complexity index is 977. The summed E-state index contributed by atoms with van der Waals surface area (Å²) in [6, 6.07) is 14.0. The van der Waals surface area contributed by atoms with Crippen LogP contribution >= 0.6 is 11.8 Å². The summed E-state index contributed by atoms with van der Waals surface area (Å²) in [7, 11) is 0. The molecule has 4 rings (SSSR count). The van der Waals surface area contributed by atoms with Gasteiger partial charge in [-0.3, -0.25) is 14.5 Å². The minimum absolute atomic E-state index is 0.00224. The molecule has 150 valence electrons. The van der Waals surface area contributed by atoms with E-state index in [0.29, 0.717) is 0 Å². The second-order valence-corrected chi connectivity index (χ2v) is 8.92. The zero-order valence-corrected chi connectivity index (χ0v) is 17.8. The Morgan fingerprint density at radius 1 is 1.07 bits per heavy atom. The highest BCUT2D eigenvalue weighted by Gasteiger charge is 2.46. The van der Waals surface area contributed by atoms with Crippen LogP contribution in [0.5, 0.6) is 0 Å². The second-order valence-electron chi connectivity index (χ2n) is 7.75. The van der Waals surface area contributed by atoms with Crippen molar-refractivity contribution >= 4 is 40.1 Å². The van der Waals surface area contributed by atoms with Gasteiger partial charge >= 0.3 is 0 Å². The number of aryl methyl sites for hydroxylation is 3. The minimum Gasteiger partial charge on any atom is -0.326 e. The van der Waals surface area contributed by atoms with E-state index in [1.807, 2.05) is 68.1 Å². The van der Waals surface area contributed by atoms with E-state index >= 15 is 0 Å². The SMILES string of the molecule is Cc1ccccc1NC(=O)C[C@@H]1SC(=Nc2c(C)cccc2C)N(C2CC2)C1=O. The Labute approximate surface area is 175 Å². The largest absolute Gasteiger partial charge is 0.326 e. The van der Waals surface area contributed by atoms with Crippen LogP contribution in [0.2, 0.25) is 0 Å². The van der Waals surface area contributed by atoms with Crippen molar-refractivity contribution < 1.29 is 9.59 Å². The van der Waals surface area contributed by atoms with Crippen LogP contribution in [0.15, 0.2) is 47.5 Å². The maximum atomic E-state index is 13.1. The Kier molecular flexibility index (Phi) is 5.46. The Hall–Kier alpha value is -2.60. The first-order valence-corrected chi connectivity index (χ1v) is 10.8. The van der Waals surface area contributed by atoms with Crippen LogP contribution in [-0.4, -0.2) is 33.2 Å². The van der Waals surface area contributed by atoms with Crippen LogP contribution in [0.4, 0.5) is 11.4 Å². The van der Waals surface area contributed by atoms with Crippen molar-refractivity contribution in [3.63, 3.8) is 0 Å². The molecule has 2 fully saturated rings. The second kappa shape index (κ2) is 8.03. The fourth-order valence-electron chi connectivity index (χ4n) is 3.52. The number of nitrogens with zero attached hydrogens (tertiary/aromatic N) is 2. The molecule has 1 heterocycles. The van der Waals surface area contributed by atoms with Gasteiger partial charge in [0.15, 0.2) is 5.17 Å². The van der Waals surface area contributed by atoms with Crippen molar-refractivity contribution in [2.75, 3.05) is 5.32 Å². The van der Waals surface area contributed by atoms with Gasteiger partial charge in [0.2, 0.25) is 11.8 Å². The molecule has 1 saturated heterocycles. The number of aliphatic imine (C=N–C) groups is 1. The van der Waals surface area contributed by atoms with Gasteiger partial charge in [0.25, 0.3) is 0 Å². The van der Waals surface area contributed by atoms with Crippen molar-refractivity contribution in [2.45, 2.75) is 51.3 Å². The molecule has 2 aliphatic rings. The third-order valence-electron chi connectivity index (χ3n) is 5.32. The Morgan fingerprint density at radius 3 is 2.38 bits per heavy atom. The minimum atomic E-state index is -0.428. The topological polar surface area (TPSA) is 61.8 Å². The fourth-order valence-corrected chi connectivity index (χ4v) is 4.72. The number of amidine groups is 1. The van der Waals surface area contributed by atoms with E-state index in [4.69, 9.17) is 4.99 Å². The molecule has 2 amide bonds. The van der Waals surface area contributed by atoms with Crippen LogP contribution < -0.4 is 5.32 Å². The molecule has 1 aliphatic heterocycles. The first-order chi connectivity index (χ1) is 13.9. The summed E-state index contributed by atoms with van der Waals surface area (Å²) in [5.74, 6) is -0.142. The van der Waals surface area contributed by atoms with Gasteiger partial charge in [-0.25, -0.2) is 4.99 Å². The van der Waals surface area contributed by atoms with Gasteiger partial charge in [0, 0.05) is 18.2 Å². The average Bonchev–Trinajstić information content (AvgIpc) is 3.46. The summed E-state index contributed by atoms with van der Waals surface area (Å²) in [5, 5.41) is 3.23. The van der Waals surface area contributed by atoms with E-state index in [2.05, 4.69) is 5.32 Å². The standard InChI is InChI=1S/C23H25N3O2S/c1-14-7-4-5-10-18(14)24-20(27)13-19-22(28)26(17-11-12-17)23(29-19)25-21-15(2)8-6-9-16(21)3/h4-10,17,19H,11-13H2,1-3H3,(H,24,27)/t19-/m0/s1. The number of benzene rings is 2. The molecule has 1 aliphatic carbocycles. The number of thioether (sulfide) groups is 1. The quantitative estimate of drug-likeness (QED) is 0.779. The summed E-state index contributed by atoms with van der Waals surface area (Å²) in [5.41, 5.74) is 4.88. The third-order valence-corrected chi connectivity index (χ3v) is 6.47. The molecule has 0 aromatic heterocycles. The van der Waals surface area contributed by atoms with Crippen molar-refractivity contribution in [1.82, 2.24) is 4.90 Å². The average molecular weight is 408 g/mol. The summed E-state index contributed by atoms with van der Waals surface area (Å²) in [6.45, 7) is 6.01. The lowest BCUT2D eigenvalue weighted by atomic mass is 10.1. The maximum absolute atomic E-state index is 13.1. The smallest absolute Gasteiger partial charge is 0.242 e. The summed E-state index contributed by atoms with van der Waals surface area (Å²) < 4.78 is 0. The summed E-state index contributed by atoms with van der Waals surface area (Å²) >= 11 is 1.42. The van der Waals surface area contributed by atoms with Crippen molar-refractivity contribution in [3.05, 3.63) is 59.2 Å². The van der Waals surface area contributed by atoms with Crippen molar-refractivity contribution in [1.29, 1.82) is 0 Å². The van der Waals surface area contributed by atoms with Gasteiger partial charge < -0.3 is 5.32 Å². The van der Waals surface area contributed by atoms with Crippen LogP contribution in [0.3, 0.4) is 0 Å².